The lowest BCUT2D eigenvalue weighted by molar-refractivity contribution is -0.156. The molecule has 0 saturated carbocycles. The van der Waals surface area contributed by atoms with Gasteiger partial charge in [0.2, 0.25) is 11.8 Å². The van der Waals surface area contributed by atoms with Crippen LogP contribution < -0.4 is 5.73 Å². The smallest absolute Gasteiger partial charge is 0.229 e. The van der Waals surface area contributed by atoms with Gasteiger partial charge in [-0.1, -0.05) is 26.1 Å². The minimum Gasteiger partial charge on any atom is -0.392 e. The van der Waals surface area contributed by atoms with Gasteiger partial charge in [0, 0.05) is 38.5 Å². The minimum atomic E-state index is -0.197. The van der Waals surface area contributed by atoms with Gasteiger partial charge in [-0.05, 0) is 18.3 Å². The molecule has 0 atom stereocenters. The third-order valence-corrected chi connectivity index (χ3v) is 4.23. The first-order valence-electron chi connectivity index (χ1n) is 7.14. The summed E-state index contributed by atoms with van der Waals surface area (Å²) in [6.45, 7) is 6.25. The first-order valence-corrected chi connectivity index (χ1v) is 7.55. The number of imide groups is 1. The predicted octanol–water partition coefficient (Wildman–Crippen LogP) is 0.912. The zero-order valence-electron chi connectivity index (χ0n) is 12.2. The molecule has 6 heteroatoms. The zero-order valence-corrected chi connectivity index (χ0v) is 13.0. The molecule has 112 valence electrons. The highest BCUT2D eigenvalue weighted by molar-refractivity contribution is 7.80. The van der Waals surface area contributed by atoms with Crippen molar-refractivity contribution in [1.29, 1.82) is 0 Å². The fourth-order valence-electron chi connectivity index (χ4n) is 3.15. The minimum absolute atomic E-state index is 0.0148. The van der Waals surface area contributed by atoms with Crippen LogP contribution in [-0.2, 0) is 9.59 Å². The number of likely N-dealkylation sites (tertiary alicyclic amines) is 2. The van der Waals surface area contributed by atoms with Crippen molar-refractivity contribution in [1.82, 2.24) is 9.80 Å². The molecule has 2 fully saturated rings. The van der Waals surface area contributed by atoms with Crippen LogP contribution in [0.25, 0.3) is 0 Å². The van der Waals surface area contributed by atoms with Crippen LogP contribution >= 0.6 is 12.2 Å². The van der Waals surface area contributed by atoms with Crippen molar-refractivity contribution in [2.75, 3.05) is 19.6 Å². The molecule has 20 heavy (non-hydrogen) atoms. The van der Waals surface area contributed by atoms with Gasteiger partial charge in [-0.3, -0.25) is 19.4 Å². The monoisotopic (exact) mass is 297 g/mol. The van der Waals surface area contributed by atoms with E-state index >= 15 is 0 Å². The van der Waals surface area contributed by atoms with Gasteiger partial charge in [-0.15, -0.1) is 0 Å². The first-order chi connectivity index (χ1) is 9.28. The molecule has 0 aliphatic carbocycles. The molecular formula is C14H23N3O2S. The number of nitrogens with two attached hydrogens (primary N) is 1. The van der Waals surface area contributed by atoms with Gasteiger partial charge in [0.25, 0.3) is 0 Å². The van der Waals surface area contributed by atoms with E-state index in [1.807, 2.05) is 13.8 Å². The van der Waals surface area contributed by atoms with Crippen LogP contribution in [0.3, 0.4) is 0 Å². The highest BCUT2D eigenvalue weighted by Crippen LogP contribution is 2.33. The number of hydrogen-bond donors (Lipinski definition) is 1. The molecule has 0 bridgehead atoms. The molecule has 0 spiro atoms. The van der Waals surface area contributed by atoms with Gasteiger partial charge in [0.15, 0.2) is 0 Å². The summed E-state index contributed by atoms with van der Waals surface area (Å²) < 4.78 is 0. The standard InChI is InChI=1S/C14H23N3O2S/c1-14(2)7-12(18)17(13(19)8-14)10-3-5-16(6-4-10)9-11(15)20/h10H,3-9H2,1-2H3,(H2,15,20). The normalized spacial score (nSPS) is 25.0. The highest BCUT2D eigenvalue weighted by Gasteiger charge is 2.41. The van der Waals surface area contributed by atoms with E-state index < -0.39 is 0 Å². The Labute approximate surface area is 125 Å². The van der Waals surface area contributed by atoms with Crippen LogP contribution in [0.4, 0.5) is 0 Å². The van der Waals surface area contributed by atoms with Crippen molar-refractivity contribution in [3.8, 4) is 0 Å². The Bertz CT molecular complexity index is 408. The number of carbonyl (C=O) groups is 2. The Morgan fingerprint density at radius 1 is 1.25 bits per heavy atom. The van der Waals surface area contributed by atoms with Crippen molar-refractivity contribution >= 4 is 29.0 Å². The fourth-order valence-corrected chi connectivity index (χ4v) is 3.34. The SMILES string of the molecule is CC1(C)CC(=O)N(C2CCN(CC(N)=S)CC2)C(=O)C1. The van der Waals surface area contributed by atoms with Crippen molar-refractivity contribution in [2.24, 2.45) is 11.1 Å². The highest BCUT2D eigenvalue weighted by atomic mass is 32.1. The number of hydrogen-bond acceptors (Lipinski definition) is 4. The summed E-state index contributed by atoms with van der Waals surface area (Å²) in [4.78, 5) is 28.7. The quantitative estimate of drug-likeness (QED) is 0.619. The maximum Gasteiger partial charge on any atom is 0.229 e. The van der Waals surface area contributed by atoms with Crippen molar-refractivity contribution in [2.45, 2.75) is 45.6 Å². The molecule has 0 aromatic heterocycles. The number of thiocarbonyl (C=S) groups is 1. The van der Waals surface area contributed by atoms with Gasteiger partial charge in [-0.2, -0.15) is 0 Å². The van der Waals surface area contributed by atoms with Gasteiger partial charge >= 0.3 is 0 Å². The summed E-state index contributed by atoms with van der Waals surface area (Å²) in [5, 5.41) is 0. The second-order valence-corrected chi connectivity index (χ2v) is 7.17. The second-order valence-electron chi connectivity index (χ2n) is 6.65. The molecule has 2 rings (SSSR count). The van der Waals surface area contributed by atoms with E-state index in [2.05, 4.69) is 4.90 Å². The molecule has 2 saturated heterocycles. The Morgan fingerprint density at radius 3 is 2.20 bits per heavy atom. The average molecular weight is 297 g/mol. The summed E-state index contributed by atoms with van der Waals surface area (Å²) in [5.74, 6) is -0.0295. The number of amides is 2. The van der Waals surface area contributed by atoms with Crippen LogP contribution in [0, 0.1) is 5.41 Å². The molecule has 2 amide bonds. The van der Waals surface area contributed by atoms with E-state index in [9.17, 15) is 9.59 Å². The van der Waals surface area contributed by atoms with Crippen LogP contribution in [0.5, 0.6) is 0 Å². The molecular weight excluding hydrogens is 274 g/mol. The third kappa shape index (κ3) is 3.55. The number of nitrogens with zero attached hydrogens (tertiary/aromatic N) is 2. The lowest BCUT2D eigenvalue weighted by atomic mass is 9.81. The summed E-state index contributed by atoms with van der Waals surface area (Å²) in [5.41, 5.74) is 5.35. The van der Waals surface area contributed by atoms with E-state index in [1.54, 1.807) is 0 Å². The molecule has 2 aliphatic heterocycles. The summed E-state index contributed by atoms with van der Waals surface area (Å²) in [6, 6.07) is 0.0497. The molecule has 0 aromatic rings. The fraction of sp³-hybridized carbons (Fsp3) is 0.786. The molecule has 2 heterocycles. The topological polar surface area (TPSA) is 66.6 Å². The third-order valence-electron chi connectivity index (χ3n) is 4.10. The average Bonchev–Trinajstić information content (AvgIpc) is 2.28. The summed E-state index contributed by atoms with van der Waals surface area (Å²) in [6.07, 6.45) is 2.57. The van der Waals surface area contributed by atoms with Crippen LogP contribution in [0.15, 0.2) is 0 Å². The van der Waals surface area contributed by atoms with Crippen molar-refractivity contribution in [3.63, 3.8) is 0 Å². The molecule has 0 unspecified atom stereocenters. The first kappa shape index (κ1) is 15.4. The molecule has 2 aliphatic rings. The Morgan fingerprint density at radius 2 is 1.75 bits per heavy atom. The Hall–Kier alpha value is -1.01. The number of piperidine rings is 2. The van der Waals surface area contributed by atoms with Crippen molar-refractivity contribution < 1.29 is 9.59 Å². The summed E-state index contributed by atoms with van der Waals surface area (Å²) >= 11 is 4.91. The van der Waals surface area contributed by atoms with Crippen LogP contribution in [0.2, 0.25) is 0 Å². The Balaban J connectivity index is 1.95. The second kappa shape index (κ2) is 5.77. The van der Waals surface area contributed by atoms with E-state index in [1.165, 1.54) is 4.90 Å². The maximum atomic E-state index is 12.2. The van der Waals surface area contributed by atoms with E-state index in [0.29, 0.717) is 24.4 Å². The zero-order chi connectivity index (χ0) is 14.9. The number of rotatable bonds is 3. The molecule has 2 N–H and O–H groups in total. The van der Waals surface area contributed by atoms with Gasteiger partial charge in [-0.25, -0.2) is 0 Å². The van der Waals surface area contributed by atoms with Crippen LogP contribution in [-0.4, -0.2) is 52.3 Å². The van der Waals surface area contributed by atoms with E-state index in [4.69, 9.17) is 18.0 Å². The van der Waals surface area contributed by atoms with Crippen LogP contribution in [0.1, 0.15) is 39.5 Å². The largest absolute Gasteiger partial charge is 0.392 e. The molecule has 0 aromatic carbocycles. The van der Waals surface area contributed by atoms with Gasteiger partial charge in [0.05, 0.1) is 4.99 Å². The van der Waals surface area contributed by atoms with E-state index in [-0.39, 0.29) is 23.3 Å². The molecule has 0 radical (unpaired) electrons. The molecule has 5 nitrogen and oxygen atoms in total. The van der Waals surface area contributed by atoms with E-state index in [0.717, 1.165) is 25.9 Å². The van der Waals surface area contributed by atoms with Crippen molar-refractivity contribution in [3.05, 3.63) is 0 Å². The maximum absolute atomic E-state index is 12.2. The predicted molar refractivity (Wildman–Crippen MR) is 81.1 cm³/mol. The van der Waals surface area contributed by atoms with Gasteiger partial charge in [0.1, 0.15) is 0 Å². The lowest BCUT2D eigenvalue weighted by Gasteiger charge is -2.42. The van der Waals surface area contributed by atoms with Gasteiger partial charge < -0.3 is 5.73 Å². The Kier molecular flexibility index (Phi) is 4.44. The lowest BCUT2D eigenvalue weighted by Crippen LogP contribution is -2.54. The summed E-state index contributed by atoms with van der Waals surface area (Å²) in [7, 11) is 0. The number of carbonyl (C=O) groups excluding carboxylic acids is 2.